The molecule has 4 rings (SSSR count). The molecule has 9 heteroatoms. The standard InChI is InChI=1S/C20H14ClFN4O3/c21-11-5-6-15(22)14(9-11)17-10-16(23)18(25-24-17)29-8-7-26-19(27)12-3-1-2-4-13(12)20(26)28/h1-6,9-10H,7-8H2,(H2,23,24). The molecule has 0 saturated heterocycles. The van der Waals surface area contributed by atoms with Gasteiger partial charge in [0.1, 0.15) is 12.4 Å². The van der Waals surface area contributed by atoms with Crippen molar-refractivity contribution in [1.29, 1.82) is 0 Å². The van der Waals surface area contributed by atoms with E-state index in [2.05, 4.69) is 10.2 Å². The Hall–Kier alpha value is -3.52. The number of hydrogen-bond acceptors (Lipinski definition) is 6. The van der Waals surface area contributed by atoms with Crippen molar-refractivity contribution in [1.82, 2.24) is 15.1 Å². The van der Waals surface area contributed by atoms with Crippen LogP contribution in [-0.2, 0) is 0 Å². The van der Waals surface area contributed by atoms with Crippen LogP contribution in [0.5, 0.6) is 5.88 Å². The zero-order chi connectivity index (χ0) is 20.5. The Morgan fingerprint density at radius 2 is 1.69 bits per heavy atom. The first-order chi connectivity index (χ1) is 14.0. The van der Waals surface area contributed by atoms with Crippen molar-refractivity contribution >= 4 is 29.1 Å². The fourth-order valence-electron chi connectivity index (χ4n) is 3.01. The van der Waals surface area contributed by atoms with E-state index in [1.165, 1.54) is 24.3 Å². The first kappa shape index (κ1) is 18.8. The lowest BCUT2D eigenvalue weighted by atomic mass is 10.1. The Morgan fingerprint density at radius 1 is 1.00 bits per heavy atom. The third-order valence-electron chi connectivity index (χ3n) is 4.42. The molecule has 1 aliphatic rings. The van der Waals surface area contributed by atoms with Gasteiger partial charge in [0.2, 0.25) is 0 Å². The quantitative estimate of drug-likeness (QED) is 0.646. The van der Waals surface area contributed by atoms with E-state index in [9.17, 15) is 14.0 Å². The molecule has 1 aliphatic heterocycles. The molecule has 29 heavy (non-hydrogen) atoms. The Kier molecular flexibility index (Phi) is 4.85. The Bertz CT molecular complexity index is 1100. The number of ether oxygens (including phenoxy) is 1. The number of amides is 2. The molecule has 0 spiro atoms. The monoisotopic (exact) mass is 412 g/mol. The molecule has 0 atom stereocenters. The highest BCUT2D eigenvalue weighted by atomic mass is 35.5. The van der Waals surface area contributed by atoms with Gasteiger partial charge in [-0.2, -0.15) is 0 Å². The molecule has 0 radical (unpaired) electrons. The number of aromatic nitrogens is 2. The van der Waals surface area contributed by atoms with Crippen molar-refractivity contribution in [2.45, 2.75) is 0 Å². The Balaban J connectivity index is 1.44. The van der Waals surface area contributed by atoms with Gasteiger partial charge in [-0.15, -0.1) is 10.2 Å². The van der Waals surface area contributed by atoms with Crippen LogP contribution in [0.4, 0.5) is 10.1 Å². The molecule has 1 aromatic heterocycles. The highest BCUT2D eigenvalue weighted by Crippen LogP contribution is 2.28. The summed E-state index contributed by atoms with van der Waals surface area (Å²) in [5.74, 6) is -1.24. The van der Waals surface area contributed by atoms with Gasteiger partial charge in [-0.25, -0.2) is 4.39 Å². The minimum atomic E-state index is -0.512. The molecule has 7 nitrogen and oxygen atoms in total. The average molecular weight is 413 g/mol. The van der Waals surface area contributed by atoms with Crippen molar-refractivity contribution in [3.8, 4) is 17.1 Å². The van der Waals surface area contributed by atoms with E-state index in [0.717, 1.165) is 4.90 Å². The number of carbonyl (C=O) groups is 2. The van der Waals surface area contributed by atoms with Gasteiger partial charge < -0.3 is 10.5 Å². The van der Waals surface area contributed by atoms with E-state index >= 15 is 0 Å². The lowest BCUT2D eigenvalue weighted by Crippen LogP contribution is -2.33. The molecule has 2 amide bonds. The smallest absolute Gasteiger partial charge is 0.261 e. The number of anilines is 1. The molecule has 0 unspecified atom stereocenters. The van der Waals surface area contributed by atoms with Crippen molar-refractivity contribution < 1.29 is 18.7 Å². The Labute approximate surface area is 169 Å². The summed E-state index contributed by atoms with van der Waals surface area (Å²) < 4.78 is 19.5. The van der Waals surface area contributed by atoms with Gasteiger partial charge in [0, 0.05) is 10.6 Å². The fourth-order valence-corrected chi connectivity index (χ4v) is 3.18. The number of nitrogen functional groups attached to an aromatic ring is 1. The zero-order valence-corrected chi connectivity index (χ0v) is 15.7. The molecule has 0 fully saturated rings. The minimum absolute atomic E-state index is 0.0186. The van der Waals surface area contributed by atoms with Gasteiger partial charge in [-0.1, -0.05) is 23.7 Å². The summed E-state index contributed by atoms with van der Waals surface area (Å²) in [6.07, 6.45) is 0. The second-order valence-electron chi connectivity index (χ2n) is 6.27. The maximum absolute atomic E-state index is 14.0. The highest BCUT2D eigenvalue weighted by Gasteiger charge is 2.34. The van der Waals surface area contributed by atoms with Gasteiger partial charge in [0.05, 0.1) is 29.1 Å². The summed E-state index contributed by atoms with van der Waals surface area (Å²) in [7, 11) is 0. The van der Waals surface area contributed by atoms with E-state index in [-0.39, 0.29) is 47.8 Å². The molecular weight excluding hydrogens is 399 g/mol. The number of rotatable bonds is 5. The van der Waals surface area contributed by atoms with Crippen LogP contribution < -0.4 is 10.5 Å². The van der Waals surface area contributed by atoms with E-state index in [1.54, 1.807) is 24.3 Å². The largest absolute Gasteiger partial charge is 0.473 e. The summed E-state index contributed by atoms with van der Waals surface area (Å²) >= 11 is 5.90. The van der Waals surface area contributed by atoms with Crippen LogP contribution in [-0.4, -0.2) is 40.1 Å². The predicted molar refractivity (Wildman–Crippen MR) is 104 cm³/mol. The number of halogens is 2. The highest BCUT2D eigenvalue weighted by molar-refractivity contribution is 6.30. The van der Waals surface area contributed by atoms with Crippen molar-refractivity contribution in [3.63, 3.8) is 0 Å². The maximum Gasteiger partial charge on any atom is 0.261 e. The molecule has 146 valence electrons. The van der Waals surface area contributed by atoms with Crippen LogP contribution in [0.1, 0.15) is 20.7 Å². The summed E-state index contributed by atoms with van der Waals surface area (Å²) in [6, 6.07) is 12.1. The zero-order valence-electron chi connectivity index (χ0n) is 14.9. The number of benzene rings is 2. The molecule has 0 saturated carbocycles. The molecule has 2 aromatic carbocycles. The fraction of sp³-hybridized carbons (Fsp3) is 0.100. The third kappa shape index (κ3) is 3.50. The van der Waals surface area contributed by atoms with Gasteiger partial charge in [0.25, 0.3) is 17.7 Å². The van der Waals surface area contributed by atoms with E-state index in [4.69, 9.17) is 22.1 Å². The van der Waals surface area contributed by atoms with Gasteiger partial charge in [-0.05, 0) is 36.4 Å². The number of nitrogens with two attached hydrogens (primary N) is 1. The van der Waals surface area contributed by atoms with Crippen LogP contribution in [0, 0.1) is 5.82 Å². The number of imide groups is 1. The Morgan fingerprint density at radius 3 is 2.34 bits per heavy atom. The number of fused-ring (bicyclic) bond motifs is 1. The van der Waals surface area contributed by atoms with Crippen LogP contribution in [0.3, 0.4) is 0 Å². The lowest BCUT2D eigenvalue weighted by molar-refractivity contribution is 0.0630. The molecule has 2 N–H and O–H groups in total. The molecule has 0 aliphatic carbocycles. The number of carbonyl (C=O) groups excluding carboxylic acids is 2. The van der Waals surface area contributed by atoms with E-state index in [1.807, 2.05) is 0 Å². The predicted octanol–water partition coefficient (Wildman–Crippen LogP) is 3.19. The second-order valence-corrected chi connectivity index (χ2v) is 6.71. The van der Waals surface area contributed by atoms with Gasteiger partial charge in [0.15, 0.2) is 0 Å². The first-order valence-corrected chi connectivity index (χ1v) is 9.00. The molecule has 0 bridgehead atoms. The minimum Gasteiger partial charge on any atom is -0.473 e. The normalized spacial score (nSPS) is 13.0. The maximum atomic E-state index is 14.0. The summed E-state index contributed by atoms with van der Waals surface area (Å²) in [5, 5.41) is 8.15. The van der Waals surface area contributed by atoms with Crippen molar-refractivity contribution in [2.24, 2.45) is 0 Å². The van der Waals surface area contributed by atoms with Crippen molar-refractivity contribution in [2.75, 3.05) is 18.9 Å². The van der Waals surface area contributed by atoms with Crippen LogP contribution in [0.15, 0.2) is 48.5 Å². The van der Waals surface area contributed by atoms with Crippen LogP contribution in [0.25, 0.3) is 11.3 Å². The third-order valence-corrected chi connectivity index (χ3v) is 4.66. The van der Waals surface area contributed by atoms with Crippen molar-refractivity contribution in [3.05, 3.63) is 70.5 Å². The lowest BCUT2D eigenvalue weighted by Gasteiger charge is -2.14. The molecular formula is C20H14ClFN4O3. The van der Waals surface area contributed by atoms with Crippen LogP contribution >= 0.6 is 11.6 Å². The summed E-state index contributed by atoms with van der Waals surface area (Å²) in [4.78, 5) is 25.8. The first-order valence-electron chi connectivity index (χ1n) is 8.62. The van der Waals surface area contributed by atoms with E-state index < -0.39 is 5.82 Å². The SMILES string of the molecule is Nc1cc(-c2cc(Cl)ccc2F)nnc1OCCN1C(=O)c2ccccc2C1=O. The van der Waals surface area contributed by atoms with Crippen LogP contribution in [0.2, 0.25) is 5.02 Å². The van der Waals surface area contributed by atoms with Gasteiger partial charge >= 0.3 is 0 Å². The topological polar surface area (TPSA) is 98.4 Å². The second kappa shape index (κ2) is 7.48. The average Bonchev–Trinajstić information content (AvgIpc) is 2.96. The summed E-state index contributed by atoms with van der Waals surface area (Å²) in [5.41, 5.74) is 7.17. The number of nitrogens with zero attached hydrogens (tertiary/aromatic N) is 3. The van der Waals surface area contributed by atoms with E-state index in [0.29, 0.717) is 16.1 Å². The molecule has 2 heterocycles. The number of hydrogen-bond donors (Lipinski definition) is 1. The van der Waals surface area contributed by atoms with Gasteiger partial charge in [-0.3, -0.25) is 14.5 Å². The summed E-state index contributed by atoms with van der Waals surface area (Å²) in [6.45, 7) is 0.00730. The molecule has 3 aromatic rings.